The minimum atomic E-state index is -1.23. The van der Waals surface area contributed by atoms with Gasteiger partial charge in [-0.3, -0.25) is 0 Å². The summed E-state index contributed by atoms with van der Waals surface area (Å²) in [6.07, 6.45) is 0. The second-order valence-corrected chi connectivity index (χ2v) is 4.58. The van der Waals surface area contributed by atoms with Crippen molar-refractivity contribution in [3.05, 3.63) is 70.3 Å². The van der Waals surface area contributed by atoms with E-state index in [1.165, 1.54) is 12.1 Å². The van der Waals surface area contributed by atoms with Gasteiger partial charge in [-0.15, -0.1) is 11.6 Å². The SMILES string of the molecule is Cc1ccc(F)cc1C(Cl)c1c(F)cc(F)cc1F. The van der Waals surface area contributed by atoms with Crippen LogP contribution in [0.3, 0.4) is 0 Å². The standard InChI is InChI=1S/C14H9ClF4/c1-7-2-3-8(16)4-10(7)14(15)13-11(18)5-9(17)6-12(13)19/h2-6,14H,1H3. The Bertz CT molecular complexity index is 602. The number of benzene rings is 2. The quantitative estimate of drug-likeness (QED) is 0.546. The van der Waals surface area contributed by atoms with E-state index < -0.39 is 34.2 Å². The van der Waals surface area contributed by atoms with Crippen LogP contribution in [0.5, 0.6) is 0 Å². The van der Waals surface area contributed by atoms with Crippen LogP contribution in [-0.2, 0) is 0 Å². The molecule has 0 nitrogen and oxygen atoms in total. The summed E-state index contributed by atoms with van der Waals surface area (Å²) < 4.78 is 53.3. The number of alkyl halides is 1. The first kappa shape index (κ1) is 13.9. The van der Waals surface area contributed by atoms with E-state index in [1.807, 2.05) is 0 Å². The zero-order chi connectivity index (χ0) is 14.2. The van der Waals surface area contributed by atoms with Crippen LogP contribution in [0.1, 0.15) is 22.1 Å². The molecule has 0 amide bonds. The molecule has 0 aliphatic rings. The lowest BCUT2D eigenvalue weighted by Gasteiger charge is -2.15. The minimum Gasteiger partial charge on any atom is -0.207 e. The Morgan fingerprint density at radius 3 is 2.05 bits per heavy atom. The van der Waals surface area contributed by atoms with Crippen LogP contribution >= 0.6 is 11.6 Å². The van der Waals surface area contributed by atoms with E-state index >= 15 is 0 Å². The van der Waals surface area contributed by atoms with Crippen molar-refractivity contribution in [1.29, 1.82) is 0 Å². The minimum absolute atomic E-state index is 0.242. The molecule has 0 bridgehead atoms. The summed E-state index contributed by atoms with van der Waals surface area (Å²) in [5, 5.41) is -1.23. The van der Waals surface area contributed by atoms with E-state index in [-0.39, 0.29) is 5.56 Å². The largest absolute Gasteiger partial charge is 0.207 e. The Morgan fingerprint density at radius 2 is 1.47 bits per heavy atom. The van der Waals surface area contributed by atoms with Gasteiger partial charge in [-0.1, -0.05) is 6.07 Å². The van der Waals surface area contributed by atoms with Gasteiger partial charge in [0.15, 0.2) is 0 Å². The Hall–Kier alpha value is -1.55. The highest BCUT2D eigenvalue weighted by Crippen LogP contribution is 2.34. The lowest BCUT2D eigenvalue weighted by Crippen LogP contribution is -2.04. The van der Waals surface area contributed by atoms with Gasteiger partial charge in [-0.2, -0.15) is 0 Å². The van der Waals surface area contributed by atoms with Crippen molar-refractivity contribution in [2.24, 2.45) is 0 Å². The second kappa shape index (κ2) is 5.21. The predicted molar refractivity (Wildman–Crippen MR) is 65.1 cm³/mol. The maximum absolute atomic E-state index is 13.6. The molecule has 2 aromatic carbocycles. The van der Waals surface area contributed by atoms with Gasteiger partial charge in [0.25, 0.3) is 0 Å². The first-order chi connectivity index (χ1) is 8.90. The fourth-order valence-electron chi connectivity index (χ4n) is 1.84. The number of hydrogen-bond donors (Lipinski definition) is 0. The highest BCUT2D eigenvalue weighted by molar-refractivity contribution is 6.22. The molecule has 0 N–H and O–H groups in total. The van der Waals surface area contributed by atoms with Gasteiger partial charge in [-0.05, 0) is 30.2 Å². The van der Waals surface area contributed by atoms with Gasteiger partial charge in [0, 0.05) is 17.7 Å². The van der Waals surface area contributed by atoms with Crippen molar-refractivity contribution in [2.45, 2.75) is 12.3 Å². The molecule has 0 saturated carbocycles. The molecule has 0 aliphatic heterocycles. The summed E-state index contributed by atoms with van der Waals surface area (Å²) in [7, 11) is 0. The Kier molecular flexibility index (Phi) is 3.80. The van der Waals surface area contributed by atoms with Crippen LogP contribution in [-0.4, -0.2) is 0 Å². The Morgan fingerprint density at radius 1 is 0.895 bits per heavy atom. The molecule has 1 atom stereocenters. The van der Waals surface area contributed by atoms with Gasteiger partial charge >= 0.3 is 0 Å². The molecule has 0 radical (unpaired) electrons. The molecule has 0 saturated heterocycles. The van der Waals surface area contributed by atoms with E-state index in [2.05, 4.69) is 0 Å². The van der Waals surface area contributed by atoms with Crippen molar-refractivity contribution >= 4 is 11.6 Å². The first-order valence-corrected chi connectivity index (χ1v) is 5.88. The zero-order valence-corrected chi connectivity index (χ0v) is 10.6. The van der Waals surface area contributed by atoms with Crippen LogP contribution in [0.4, 0.5) is 17.6 Å². The third-order valence-electron chi connectivity index (χ3n) is 2.81. The Balaban J connectivity index is 2.56. The van der Waals surface area contributed by atoms with Crippen LogP contribution in [0.2, 0.25) is 0 Å². The van der Waals surface area contributed by atoms with Gasteiger partial charge in [0.1, 0.15) is 23.3 Å². The average molecular weight is 289 g/mol. The van der Waals surface area contributed by atoms with Gasteiger partial charge in [0.05, 0.1) is 5.38 Å². The molecule has 1 unspecified atom stereocenters. The first-order valence-electron chi connectivity index (χ1n) is 5.44. The normalized spacial score (nSPS) is 12.5. The molecule has 19 heavy (non-hydrogen) atoms. The molecule has 0 fully saturated rings. The van der Waals surface area contributed by atoms with Crippen molar-refractivity contribution in [3.8, 4) is 0 Å². The average Bonchev–Trinajstić information content (AvgIpc) is 2.30. The molecule has 0 aliphatic carbocycles. The molecular formula is C14H9ClF4. The van der Waals surface area contributed by atoms with Crippen molar-refractivity contribution in [2.75, 3.05) is 0 Å². The summed E-state index contributed by atoms with van der Waals surface area (Å²) >= 11 is 6.00. The molecule has 2 aromatic rings. The fraction of sp³-hybridized carbons (Fsp3) is 0.143. The molecule has 0 heterocycles. The van der Waals surface area contributed by atoms with E-state index in [0.29, 0.717) is 17.7 Å². The van der Waals surface area contributed by atoms with Crippen LogP contribution in [0, 0.1) is 30.2 Å². The third kappa shape index (κ3) is 2.73. The summed E-state index contributed by atoms with van der Waals surface area (Å²) in [4.78, 5) is 0. The van der Waals surface area contributed by atoms with Gasteiger partial charge in [0.2, 0.25) is 0 Å². The Labute approximate surface area is 112 Å². The predicted octanol–water partition coefficient (Wildman–Crippen LogP) is 4.88. The molecular weight excluding hydrogens is 280 g/mol. The lowest BCUT2D eigenvalue weighted by atomic mass is 9.99. The highest BCUT2D eigenvalue weighted by Gasteiger charge is 2.22. The molecule has 100 valence electrons. The third-order valence-corrected chi connectivity index (χ3v) is 3.26. The molecule has 0 aromatic heterocycles. The highest BCUT2D eigenvalue weighted by atomic mass is 35.5. The summed E-state index contributed by atoms with van der Waals surface area (Å²) in [5.41, 5.74) is 0.340. The van der Waals surface area contributed by atoms with Crippen LogP contribution < -0.4 is 0 Å². The second-order valence-electron chi connectivity index (χ2n) is 4.15. The van der Waals surface area contributed by atoms with Crippen LogP contribution in [0.15, 0.2) is 30.3 Å². The summed E-state index contributed by atoms with van der Waals surface area (Å²) in [6, 6.07) is 4.87. The van der Waals surface area contributed by atoms with Crippen LogP contribution in [0.25, 0.3) is 0 Å². The van der Waals surface area contributed by atoms with Crippen molar-refractivity contribution < 1.29 is 17.6 Å². The van der Waals surface area contributed by atoms with E-state index in [9.17, 15) is 17.6 Å². The van der Waals surface area contributed by atoms with Gasteiger partial charge in [-0.25, -0.2) is 17.6 Å². The van der Waals surface area contributed by atoms with Crippen molar-refractivity contribution in [1.82, 2.24) is 0 Å². The maximum atomic E-state index is 13.6. The molecule has 0 spiro atoms. The topological polar surface area (TPSA) is 0 Å². The number of aryl methyl sites for hydroxylation is 1. The van der Waals surface area contributed by atoms with E-state index in [1.54, 1.807) is 6.92 Å². The lowest BCUT2D eigenvalue weighted by molar-refractivity contribution is 0.525. The molecule has 5 heteroatoms. The fourth-order valence-corrected chi connectivity index (χ4v) is 2.28. The van der Waals surface area contributed by atoms with Crippen molar-refractivity contribution in [3.63, 3.8) is 0 Å². The van der Waals surface area contributed by atoms with E-state index in [0.717, 1.165) is 6.07 Å². The maximum Gasteiger partial charge on any atom is 0.134 e. The molecule has 2 rings (SSSR count). The zero-order valence-electron chi connectivity index (χ0n) is 9.85. The summed E-state index contributed by atoms with van der Waals surface area (Å²) in [5.74, 6) is -3.78. The monoisotopic (exact) mass is 288 g/mol. The van der Waals surface area contributed by atoms with E-state index in [4.69, 9.17) is 11.6 Å². The van der Waals surface area contributed by atoms with Gasteiger partial charge < -0.3 is 0 Å². The smallest absolute Gasteiger partial charge is 0.134 e. The number of halogens is 5. The summed E-state index contributed by atoms with van der Waals surface area (Å²) in [6.45, 7) is 1.64. The number of rotatable bonds is 2. The number of hydrogen-bond acceptors (Lipinski definition) is 0.